The second-order valence-corrected chi connectivity index (χ2v) is 15.4. The van der Waals surface area contributed by atoms with Crippen LogP contribution in [0.3, 0.4) is 0 Å². The van der Waals surface area contributed by atoms with Crippen LogP contribution in [0.25, 0.3) is 23.3 Å². The molecule has 16 heteroatoms. The molecule has 0 aliphatic heterocycles. The van der Waals surface area contributed by atoms with Crippen LogP contribution in [0.1, 0.15) is 59.1 Å². The molecule has 0 amide bonds. The number of unbranched alkanes of at least 4 members (excludes halogenated alkanes) is 2. The van der Waals surface area contributed by atoms with E-state index in [2.05, 4.69) is 0 Å². The Morgan fingerprint density at radius 1 is 0.514 bits per heavy atom. The summed E-state index contributed by atoms with van der Waals surface area (Å²) >= 11 is 0. The summed E-state index contributed by atoms with van der Waals surface area (Å²) in [5.74, 6) is -0.695. The molecule has 0 saturated carbocycles. The number of hydrogen-bond donors (Lipinski definition) is 2. The monoisotopic (exact) mass is 954 g/mol. The number of hydrogen-bond acceptors (Lipinski definition) is 12. The van der Waals surface area contributed by atoms with E-state index in [1.165, 1.54) is 109 Å². The fourth-order valence-corrected chi connectivity index (χ4v) is 6.59. The zero-order valence-electron chi connectivity index (χ0n) is 37.5. The van der Waals surface area contributed by atoms with E-state index in [1.54, 1.807) is 36.4 Å². The van der Waals surface area contributed by atoms with Gasteiger partial charge >= 0.3 is 24.2 Å². The predicted octanol–water partition coefficient (Wildman–Crippen LogP) is 11.7. The Morgan fingerprint density at radius 2 is 0.871 bits per heavy atom. The van der Waals surface area contributed by atoms with E-state index in [0.29, 0.717) is 95.2 Å². The molecule has 0 saturated heterocycles. The average molecular weight is 955 g/mol. The lowest BCUT2D eigenvalue weighted by atomic mass is 9.95. The van der Waals surface area contributed by atoms with Crippen LogP contribution in [0, 0.1) is 22.7 Å². The minimum absolute atomic E-state index is 0.0787. The minimum atomic E-state index is -3.67. The molecule has 12 nitrogen and oxygen atoms in total. The van der Waals surface area contributed by atoms with Crippen LogP contribution in [0.5, 0.6) is 23.0 Å². The first-order chi connectivity index (χ1) is 33.7. The molecule has 4 N–H and O–H groups in total. The number of rotatable bonds is 23. The van der Waals surface area contributed by atoms with Crippen molar-refractivity contribution in [3.05, 3.63) is 179 Å². The van der Waals surface area contributed by atoms with Gasteiger partial charge in [0.05, 0.1) is 36.5 Å². The van der Waals surface area contributed by atoms with Crippen molar-refractivity contribution >= 4 is 35.5 Å². The smallest absolute Gasteiger partial charge is 0.426 e. The van der Waals surface area contributed by atoms with Crippen LogP contribution in [0.15, 0.2) is 146 Å². The normalized spacial score (nSPS) is 11.4. The zero-order chi connectivity index (χ0) is 49.9. The Hall–Kier alpha value is -8.76. The van der Waals surface area contributed by atoms with Crippen molar-refractivity contribution in [3.63, 3.8) is 0 Å². The summed E-state index contributed by atoms with van der Waals surface area (Å²) in [5, 5.41) is 17.3. The van der Waals surface area contributed by atoms with Crippen molar-refractivity contribution in [2.45, 2.75) is 51.1 Å². The molecule has 358 valence electrons. The summed E-state index contributed by atoms with van der Waals surface area (Å²) in [6, 6.07) is 35.8. The second-order valence-electron chi connectivity index (χ2n) is 15.4. The Labute approximate surface area is 401 Å². The highest BCUT2D eigenvalue weighted by Crippen LogP contribution is 2.35. The standard InChI is InChI=1S/C54H46F4N4O8/c55-53(56,69-47-21-17-45(18-22-47)65-31-3-1-29-59)41-11-5-37(6-12-41)9-27-51(63)67-35-39-33-43(61)15-25-49(39)50-26-16-44(62)34-40(50)36-68-52(64)28-10-38-7-13-42(14-8-38)54(57,58)70-48-23-19-46(20-24-48)66-32-4-2-30-60/h5-28,33-34H,1-4,31-32,35-36,61-62H2/b27-9+,28-10+. The summed E-state index contributed by atoms with van der Waals surface area (Å²) < 4.78 is 92.0. The molecule has 0 aliphatic carbocycles. The molecule has 0 fully saturated rings. The van der Waals surface area contributed by atoms with Gasteiger partial charge in [-0.2, -0.15) is 28.1 Å². The molecule has 0 radical (unpaired) electrons. The lowest BCUT2D eigenvalue weighted by Crippen LogP contribution is -2.21. The molecule has 0 aromatic heterocycles. The fourth-order valence-electron chi connectivity index (χ4n) is 6.59. The number of carbonyl (C=O) groups is 2. The highest BCUT2D eigenvalue weighted by molar-refractivity contribution is 5.88. The highest BCUT2D eigenvalue weighted by Gasteiger charge is 2.35. The van der Waals surface area contributed by atoms with E-state index in [0.717, 1.165) is 12.2 Å². The van der Waals surface area contributed by atoms with Gasteiger partial charge in [-0.25, -0.2) is 9.59 Å². The number of benzene rings is 6. The molecule has 0 bridgehead atoms. The van der Waals surface area contributed by atoms with Gasteiger partial charge in [0.2, 0.25) is 0 Å². The predicted molar refractivity (Wildman–Crippen MR) is 254 cm³/mol. The van der Waals surface area contributed by atoms with Crippen LogP contribution in [-0.2, 0) is 44.5 Å². The first-order valence-corrected chi connectivity index (χ1v) is 21.7. The van der Waals surface area contributed by atoms with Gasteiger partial charge in [-0.15, -0.1) is 0 Å². The maximum atomic E-state index is 15.0. The molecule has 0 aliphatic rings. The number of alkyl halides is 4. The summed E-state index contributed by atoms with van der Waals surface area (Å²) in [4.78, 5) is 25.7. The van der Waals surface area contributed by atoms with Crippen molar-refractivity contribution in [2.75, 3.05) is 24.7 Å². The molecular weight excluding hydrogens is 909 g/mol. The Kier molecular flexibility index (Phi) is 17.6. The third kappa shape index (κ3) is 15.1. The number of nitrogens with zero attached hydrogens (tertiary/aromatic N) is 2. The number of nitriles is 2. The van der Waals surface area contributed by atoms with E-state index in [-0.39, 0.29) is 24.7 Å². The van der Waals surface area contributed by atoms with Crippen molar-refractivity contribution < 1.29 is 55.6 Å². The van der Waals surface area contributed by atoms with Gasteiger partial charge in [0, 0.05) is 36.4 Å². The van der Waals surface area contributed by atoms with E-state index in [9.17, 15) is 9.59 Å². The van der Waals surface area contributed by atoms with Gasteiger partial charge in [0.1, 0.15) is 36.2 Å². The maximum Gasteiger partial charge on any atom is 0.426 e. The lowest BCUT2D eigenvalue weighted by molar-refractivity contribution is -0.186. The second kappa shape index (κ2) is 24.3. The molecule has 70 heavy (non-hydrogen) atoms. The van der Waals surface area contributed by atoms with E-state index in [1.807, 2.05) is 12.1 Å². The maximum absolute atomic E-state index is 15.0. The number of nitrogen functional groups attached to an aromatic ring is 2. The Morgan fingerprint density at radius 3 is 1.23 bits per heavy atom. The van der Waals surface area contributed by atoms with Crippen LogP contribution < -0.4 is 30.4 Å². The van der Waals surface area contributed by atoms with E-state index in [4.69, 9.17) is 50.4 Å². The van der Waals surface area contributed by atoms with Gasteiger partial charge in [-0.3, -0.25) is 0 Å². The highest BCUT2D eigenvalue weighted by atomic mass is 19.3. The van der Waals surface area contributed by atoms with Crippen LogP contribution in [0.2, 0.25) is 0 Å². The average Bonchev–Trinajstić information content (AvgIpc) is 3.35. The van der Waals surface area contributed by atoms with E-state index >= 15 is 17.6 Å². The molecular formula is C54H46F4N4O8. The lowest BCUT2D eigenvalue weighted by Gasteiger charge is -2.18. The molecule has 6 aromatic carbocycles. The summed E-state index contributed by atoms with van der Waals surface area (Å²) in [6.07, 6.45) is -0.432. The third-order valence-electron chi connectivity index (χ3n) is 10.1. The number of nitrogens with two attached hydrogens (primary N) is 2. The van der Waals surface area contributed by atoms with Crippen LogP contribution >= 0.6 is 0 Å². The van der Waals surface area contributed by atoms with Gasteiger partial charge in [-0.05, 0) is 155 Å². The number of esters is 2. The molecule has 0 unspecified atom stereocenters. The summed E-state index contributed by atoms with van der Waals surface area (Å²) in [5.41, 5.74) is 15.3. The van der Waals surface area contributed by atoms with Crippen LogP contribution in [-0.4, -0.2) is 25.2 Å². The molecule has 0 atom stereocenters. The van der Waals surface area contributed by atoms with Crippen LogP contribution in [0.4, 0.5) is 28.9 Å². The van der Waals surface area contributed by atoms with Crippen molar-refractivity contribution in [3.8, 4) is 46.3 Å². The van der Waals surface area contributed by atoms with Crippen molar-refractivity contribution in [1.29, 1.82) is 10.5 Å². The molecule has 6 rings (SSSR count). The van der Waals surface area contributed by atoms with Gasteiger partial charge in [0.15, 0.2) is 0 Å². The number of halogens is 4. The van der Waals surface area contributed by atoms with Gasteiger partial charge < -0.3 is 39.9 Å². The van der Waals surface area contributed by atoms with Gasteiger partial charge in [-0.1, -0.05) is 36.4 Å². The first kappa shape index (κ1) is 50.6. The summed E-state index contributed by atoms with van der Waals surface area (Å²) in [7, 11) is 0. The zero-order valence-corrected chi connectivity index (χ0v) is 37.5. The van der Waals surface area contributed by atoms with Crippen molar-refractivity contribution in [1.82, 2.24) is 0 Å². The SMILES string of the molecule is N#CCCCOc1ccc(OC(F)(F)c2ccc(/C=C/C(=O)OCc3cc(N)ccc3-c3ccc(N)cc3COC(=O)/C=C/c3ccc(C(F)(F)Oc4ccc(OCCCC#N)cc4)cc3)cc2)cc1. The summed E-state index contributed by atoms with van der Waals surface area (Å²) in [6.45, 7) is 0.218. The number of carbonyl (C=O) groups excluding carboxylic acids is 2. The third-order valence-corrected chi connectivity index (χ3v) is 10.1. The van der Waals surface area contributed by atoms with Gasteiger partial charge in [0.25, 0.3) is 0 Å². The number of anilines is 2. The largest absolute Gasteiger partial charge is 0.494 e. The molecule has 0 heterocycles. The minimum Gasteiger partial charge on any atom is -0.494 e. The first-order valence-electron chi connectivity index (χ1n) is 21.7. The Bertz CT molecular complexity index is 2660. The fraction of sp³-hybridized carbons (Fsp3) is 0.185. The van der Waals surface area contributed by atoms with E-state index < -0.39 is 35.3 Å². The quantitative estimate of drug-likeness (QED) is 0.0204. The number of ether oxygens (including phenoxy) is 6. The molecule has 6 aromatic rings. The molecule has 0 spiro atoms. The topological polar surface area (TPSA) is 189 Å². The van der Waals surface area contributed by atoms with Crippen molar-refractivity contribution in [2.24, 2.45) is 0 Å². The Balaban J connectivity index is 1.01.